The molecule has 1 aliphatic heterocycles. The first-order valence-electron chi connectivity index (χ1n) is 7.27. The van der Waals surface area contributed by atoms with Crippen molar-refractivity contribution >= 4 is 12.1 Å². The van der Waals surface area contributed by atoms with Crippen molar-refractivity contribution in [1.29, 1.82) is 0 Å². The number of carbonyl (C=O) groups is 1. The van der Waals surface area contributed by atoms with Gasteiger partial charge in [0.2, 0.25) is 6.41 Å². The Balaban J connectivity index is 1.94. The molecule has 1 amide bonds. The van der Waals surface area contributed by atoms with E-state index in [4.69, 9.17) is 5.73 Å². The van der Waals surface area contributed by atoms with Gasteiger partial charge in [-0.15, -0.1) is 5.10 Å². The number of nitrogen functional groups attached to an aromatic ring is 1. The van der Waals surface area contributed by atoms with E-state index >= 15 is 0 Å². The van der Waals surface area contributed by atoms with E-state index in [-0.39, 0.29) is 6.04 Å². The number of piperazine rings is 1. The molecule has 0 spiro atoms. The number of hydrogen-bond donors (Lipinski definition) is 1. The average molecular weight is 300 g/mol. The van der Waals surface area contributed by atoms with Crippen LogP contribution in [-0.2, 0) is 4.79 Å². The predicted octanol–water partition coefficient (Wildman–Crippen LogP) is 0.603. The molecule has 0 radical (unpaired) electrons. The van der Waals surface area contributed by atoms with Crippen molar-refractivity contribution < 1.29 is 4.79 Å². The Morgan fingerprint density at radius 2 is 2.00 bits per heavy atom. The number of amides is 1. The first-order chi connectivity index (χ1) is 10.6. The SMILES string of the molecule is Cc1nc(C2CN(C)CCN2C=O)nn1-c1ccc(N)cc1. The van der Waals surface area contributed by atoms with Crippen molar-refractivity contribution in [2.24, 2.45) is 0 Å². The van der Waals surface area contributed by atoms with Gasteiger partial charge in [0, 0.05) is 25.3 Å². The second kappa shape index (κ2) is 5.76. The second-order valence-electron chi connectivity index (χ2n) is 5.64. The first-order valence-corrected chi connectivity index (χ1v) is 7.27. The average Bonchev–Trinajstić information content (AvgIpc) is 2.90. The highest BCUT2D eigenvalue weighted by atomic mass is 16.1. The number of aromatic nitrogens is 3. The van der Waals surface area contributed by atoms with Gasteiger partial charge in [-0.1, -0.05) is 0 Å². The summed E-state index contributed by atoms with van der Waals surface area (Å²) in [7, 11) is 2.04. The minimum Gasteiger partial charge on any atom is -0.399 e. The minimum atomic E-state index is -0.106. The van der Waals surface area contributed by atoms with Crippen LogP contribution in [0.2, 0.25) is 0 Å². The highest BCUT2D eigenvalue weighted by Crippen LogP contribution is 2.22. The van der Waals surface area contributed by atoms with E-state index in [9.17, 15) is 4.79 Å². The van der Waals surface area contributed by atoms with Crippen LogP contribution < -0.4 is 5.73 Å². The maximum absolute atomic E-state index is 11.3. The zero-order valence-corrected chi connectivity index (χ0v) is 12.8. The number of rotatable bonds is 3. The summed E-state index contributed by atoms with van der Waals surface area (Å²) < 4.78 is 1.78. The molecule has 1 aromatic heterocycles. The molecule has 3 rings (SSSR count). The maximum atomic E-state index is 11.3. The van der Waals surface area contributed by atoms with Crippen LogP contribution in [0.5, 0.6) is 0 Å². The van der Waals surface area contributed by atoms with Crippen molar-refractivity contribution in [3.63, 3.8) is 0 Å². The molecular weight excluding hydrogens is 280 g/mol. The maximum Gasteiger partial charge on any atom is 0.210 e. The van der Waals surface area contributed by atoms with Gasteiger partial charge in [0.15, 0.2) is 5.82 Å². The lowest BCUT2D eigenvalue weighted by molar-refractivity contribution is -0.122. The number of hydrogen-bond acceptors (Lipinski definition) is 5. The Hall–Kier alpha value is -2.41. The second-order valence-corrected chi connectivity index (χ2v) is 5.64. The minimum absolute atomic E-state index is 0.106. The van der Waals surface area contributed by atoms with Crippen LogP contribution in [-0.4, -0.2) is 57.7 Å². The van der Waals surface area contributed by atoms with E-state index in [2.05, 4.69) is 15.0 Å². The van der Waals surface area contributed by atoms with Gasteiger partial charge in [0.05, 0.1) is 5.69 Å². The highest BCUT2D eigenvalue weighted by molar-refractivity contribution is 5.49. The van der Waals surface area contributed by atoms with Gasteiger partial charge in [0.25, 0.3) is 0 Å². The Morgan fingerprint density at radius 1 is 1.27 bits per heavy atom. The summed E-state index contributed by atoms with van der Waals surface area (Å²) >= 11 is 0. The lowest BCUT2D eigenvalue weighted by Gasteiger charge is -2.36. The van der Waals surface area contributed by atoms with E-state index in [1.807, 2.05) is 38.2 Å². The van der Waals surface area contributed by atoms with Crippen LogP contribution in [0.4, 0.5) is 5.69 Å². The molecule has 1 aliphatic rings. The van der Waals surface area contributed by atoms with E-state index in [0.717, 1.165) is 31.0 Å². The first kappa shape index (κ1) is 14.5. The Kier molecular flexibility index (Phi) is 3.81. The molecule has 1 fully saturated rings. The van der Waals surface area contributed by atoms with Crippen LogP contribution in [0.3, 0.4) is 0 Å². The van der Waals surface area contributed by atoms with Crippen LogP contribution in [0.1, 0.15) is 17.7 Å². The van der Waals surface area contributed by atoms with E-state index in [0.29, 0.717) is 18.1 Å². The van der Waals surface area contributed by atoms with Crippen molar-refractivity contribution in [2.75, 3.05) is 32.4 Å². The Bertz CT molecular complexity index is 665. The molecule has 1 atom stereocenters. The highest BCUT2D eigenvalue weighted by Gasteiger charge is 2.29. The molecule has 1 unspecified atom stereocenters. The molecule has 2 aromatic rings. The van der Waals surface area contributed by atoms with Crippen molar-refractivity contribution in [3.8, 4) is 5.69 Å². The molecule has 22 heavy (non-hydrogen) atoms. The largest absolute Gasteiger partial charge is 0.399 e. The molecule has 1 aromatic carbocycles. The Labute approximate surface area is 129 Å². The number of nitrogens with zero attached hydrogens (tertiary/aromatic N) is 5. The molecule has 2 heterocycles. The number of likely N-dealkylation sites (N-methyl/N-ethyl adjacent to an activating group) is 1. The molecule has 0 aliphatic carbocycles. The van der Waals surface area contributed by atoms with Gasteiger partial charge in [-0.3, -0.25) is 4.79 Å². The summed E-state index contributed by atoms with van der Waals surface area (Å²) in [4.78, 5) is 19.8. The molecule has 7 nitrogen and oxygen atoms in total. The van der Waals surface area contributed by atoms with Crippen LogP contribution >= 0.6 is 0 Å². The summed E-state index contributed by atoms with van der Waals surface area (Å²) in [6, 6.07) is 7.38. The van der Waals surface area contributed by atoms with Gasteiger partial charge in [-0.2, -0.15) is 0 Å². The van der Waals surface area contributed by atoms with Crippen LogP contribution in [0.15, 0.2) is 24.3 Å². The molecular formula is C15H20N6O. The van der Waals surface area contributed by atoms with Crippen molar-refractivity contribution in [1.82, 2.24) is 24.6 Å². The fourth-order valence-corrected chi connectivity index (χ4v) is 2.70. The van der Waals surface area contributed by atoms with E-state index in [1.165, 1.54) is 0 Å². The summed E-state index contributed by atoms with van der Waals surface area (Å²) in [6.45, 7) is 4.21. The van der Waals surface area contributed by atoms with Gasteiger partial charge < -0.3 is 15.5 Å². The fourth-order valence-electron chi connectivity index (χ4n) is 2.70. The monoisotopic (exact) mass is 300 g/mol. The zero-order valence-electron chi connectivity index (χ0n) is 12.8. The molecule has 116 valence electrons. The summed E-state index contributed by atoms with van der Waals surface area (Å²) in [6.07, 6.45) is 0.886. The lowest BCUT2D eigenvalue weighted by atomic mass is 10.2. The number of nitrogens with two attached hydrogens (primary N) is 1. The van der Waals surface area contributed by atoms with Gasteiger partial charge in [-0.05, 0) is 38.2 Å². The smallest absolute Gasteiger partial charge is 0.210 e. The van der Waals surface area contributed by atoms with Gasteiger partial charge in [0.1, 0.15) is 11.9 Å². The molecule has 0 bridgehead atoms. The van der Waals surface area contributed by atoms with Crippen LogP contribution in [0, 0.1) is 6.92 Å². The van der Waals surface area contributed by atoms with Crippen molar-refractivity contribution in [2.45, 2.75) is 13.0 Å². The van der Waals surface area contributed by atoms with Gasteiger partial charge in [-0.25, -0.2) is 9.67 Å². The zero-order chi connectivity index (χ0) is 15.7. The number of anilines is 1. The summed E-state index contributed by atoms with van der Waals surface area (Å²) in [5.41, 5.74) is 7.34. The van der Waals surface area contributed by atoms with E-state index < -0.39 is 0 Å². The normalized spacial score (nSPS) is 19.4. The number of carbonyl (C=O) groups excluding carboxylic acids is 1. The van der Waals surface area contributed by atoms with Crippen molar-refractivity contribution in [3.05, 3.63) is 35.9 Å². The number of benzene rings is 1. The number of aryl methyl sites for hydroxylation is 1. The molecule has 0 saturated carbocycles. The topological polar surface area (TPSA) is 80.3 Å². The summed E-state index contributed by atoms with van der Waals surface area (Å²) in [5.74, 6) is 1.46. The van der Waals surface area contributed by atoms with Crippen LogP contribution in [0.25, 0.3) is 5.69 Å². The summed E-state index contributed by atoms with van der Waals surface area (Å²) in [5, 5.41) is 4.60. The third-order valence-corrected chi connectivity index (χ3v) is 3.98. The molecule has 7 heteroatoms. The lowest BCUT2D eigenvalue weighted by Crippen LogP contribution is -2.46. The predicted molar refractivity (Wildman–Crippen MR) is 83.5 cm³/mol. The standard InChI is InChI=1S/C15H20N6O/c1-11-17-15(14-9-19(2)7-8-20(14)10-22)18-21(11)13-5-3-12(16)4-6-13/h3-6,10,14H,7-9,16H2,1-2H3. The van der Waals surface area contributed by atoms with E-state index in [1.54, 1.807) is 9.58 Å². The third kappa shape index (κ3) is 2.67. The van der Waals surface area contributed by atoms with Gasteiger partial charge >= 0.3 is 0 Å². The quantitative estimate of drug-likeness (QED) is 0.663. The third-order valence-electron chi connectivity index (χ3n) is 3.98. The molecule has 1 saturated heterocycles. The fraction of sp³-hybridized carbons (Fsp3) is 0.400. The Morgan fingerprint density at radius 3 is 2.68 bits per heavy atom. The molecule has 2 N–H and O–H groups in total.